The van der Waals surface area contributed by atoms with Gasteiger partial charge in [-0.05, 0) is 82.1 Å². The van der Waals surface area contributed by atoms with Gasteiger partial charge in [0.25, 0.3) is 0 Å². The summed E-state index contributed by atoms with van der Waals surface area (Å²) < 4.78 is 4.46. The van der Waals surface area contributed by atoms with E-state index in [1.54, 1.807) is 13.8 Å². The molecule has 0 saturated heterocycles. The first-order chi connectivity index (χ1) is 19.2. The number of benzene rings is 1. The number of aromatic nitrogens is 3. The van der Waals surface area contributed by atoms with Crippen molar-refractivity contribution in [3.05, 3.63) is 53.5 Å². The van der Waals surface area contributed by atoms with Crippen LogP contribution in [0.5, 0.6) is 5.75 Å². The molecule has 42 heavy (non-hydrogen) atoms. The Morgan fingerprint density at radius 3 is 2.21 bits per heavy atom. The van der Waals surface area contributed by atoms with E-state index in [9.17, 15) is 9.90 Å². The zero-order chi connectivity index (χ0) is 30.5. The summed E-state index contributed by atoms with van der Waals surface area (Å²) in [6, 6.07) is 11.2. The van der Waals surface area contributed by atoms with E-state index in [-0.39, 0.29) is 33.0 Å². The fourth-order valence-electron chi connectivity index (χ4n) is 5.64. The van der Waals surface area contributed by atoms with E-state index < -0.39 is 11.4 Å². The van der Waals surface area contributed by atoms with Gasteiger partial charge in [0.05, 0.1) is 22.5 Å². The standard InChI is InChI=1S/C28H39N3O.C6H12NO2.W/c1-19(2)31-25(14-15-29-31)23-13-12-22(16-24(23)28(4,5)6)26-17-27(32)20(3)30(26)18-21-10-8-7-9-11-21;1-6(2,3-4-7)5(8)9;/h12-17,19,21,32H,7-11,18H2,1-6H3;7H,3-4H2,1-2H3,(H,8,9);/q;-1;. The van der Waals surface area contributed by atoms with Crippen LogP contribution in [0.15, 0.2) is 36.5 Å². The molecule has 0 amide bonds. The molecule has 2 heterocycles. The Morgan fingerprint density at radius 2 is 1.69 bits per heavy atom. The number of carbonyl (C=O) groups is 1. The van der Waals surface area contributed by atoms with Gasteiger partial charge in [-0.25, -0.2) is 0 Å². The van der Waals surface area contributed by atoms with Crippen molar-refractivity contribution in [2.75, 3.05) is 6.54 Å². The molecule has 1 aliphatic rings. The molecule has 0 aliphatic heterocycles. The Hall–Kier alpha value is -2.37. The van der Waals surface area contributed by atoms with Crippen LogP contribution in [0.25, 0.3) is 28.2 Å². The van der Waals surface area contributed by atoms with Crippen LogP contribution in [0.2, 0.25) is 0 Å². The van der Waals surface area contributed by atoms with Gasteiger partial charge >= 0.3 is 5.97 Å². The molecule has 7 nitrogen and oxygen atoms in total. The number of nitrogens with one attached hydrogen (secondary N) is 1. The maximum absolute atomic E-state index is 10.6. The molecule has 232 valence electrons. The molecule has 0 radical (unpaired) electrons. The Labute approximate surface area is 267 Å². The van der Waals surface area contributed by atoms with Crippen LogP contribution in [0.3, 0.4) is 0 Å². The van der Waals surface area contributed by atoms with Crippen LogP contribution in [-0.4, -0.2) is 37.1 Å². The molecular formula is C34H51N4O3W-. The first-order valence-corrected chi connectivity index (χ1v) is 15.1. The van der Waals surface area contributed by atoms with Crippen LogP contribution < -0.4 is 0 Å². The second kappa shape index (κ2) is 14.9. The average Bonchev–Trinajstić information content (AvgIpc) is 3.50. The largest absolute Gasteiger partial charge is 0.677 e. The molecule has 1 aliphatic carbocycles. The third-order valence-electron chi connectivity index (χ3n) is 8.39. The summed E-state index contributed by atoms with van der Waals surface area (Å²) in [4.78, 5) is 10.3. The summed E-state index contributed by atoms with van der Waals surface area (Å²) in [5.74, 6) is 0.277. The molecule has 4 rings (SSSR count). The number of rotatable bonds is 8. The Balaban J connectivity index is 0.000000536. The van der Waals surface area contributed by atoms with E-state index in [1.807, 2.05) is 19.2 Å². The Kier molecular flexibility index (Phi) is 12.7. The normalized spacial score (nSPS) is 14.3. The van der Waals surface area contributed by atoms with Gasteiger partial charge in [0, 0.05) is 51.5 Å². The molecule has 0 unspecified atom stereocenters. The molecule has 3 N–H and O–H groups in total. The third kappa shape index (κ3) is 8.60. The van der Waals surface area contributed by atoms with E-state index in [2.05, 4.69) is 73.2 Å². The second-order valence-corrected chi connectivity index (χ2v) is 13.6. The fourth-order valence-corrected chi connectivity index (χ4v) is 5.64. The SMILES string of the molecule is CC(C)(CC[NH-])C(=O)O.Cc1c(O)cc(-c2ccc(-c3ccnn3C(C)C)c(C(C)(C)C)c2)n1CC1CCCCC1.[W]. The number of aliphatic carboxylic acids is 1. The topological polar surface area (TPSA) is 104 Å². The van der Waals surface area contributed by atoms with Crippen molar-refractivity contribution >= 4 is 5.97 Å². The van der Waals surface area contributed by atoms with Gasteiger partial charge in [0.15, 0.2) is 0 Å². The van der Waals surface area contributed by atoms with Crippen LogP contribution in [0.4, 0.5) is 0 Å². The summed E-state index contributed by atoms with van der Waals surface area (Å²) in [5.41, 5.74) is 13.0. The molecule has 1 aromatic carbocycles. The molecule has 1 fully saturated rings. The zero-order valence-electron chi connectivity index (χ0n) is 26.8. The van der Waals surface area contributed by atoms with Crippen molar-refractivity contribution < 1.29 is 36.1 Å². The van der Waals surface area contributed by atoms with E-state index >= 15 is 0 Å². The molecule has 2 aromatic heterocycles. The molecular weight excluding hydrogens is 696 g/mol. The minimum atomic E-state index is -0.824. The summed E-state index contributed by atoms with van der Waals surface area (Å²) in [6.07, 6.45) is 8.93. The monoisotopic (exact) mass is 747 g/mol. The predicted octanol–water partition coefficient (Wildman–Crippen LogP) is 9.03. The van der Waals surface area contributed by atoms with Crippen molar-refractivity contribution in [2.24, 2.45) is 11.3 Å². The first-order valence-electron chi connectivity index (χ1n) is 15.1. The minimum Gasteiger partial charge on any atom is -0.677 e. The second-order valence-electron chi connectivity index (χ2n) is 13.6. The van der Waals surface area contributed by atoms with E-state index in [0.717, 1.165) is 23.6 Å². The zero-order valence-corrected chi connectivity index (χ0v) is 29.8. The fraction of sp³-hybridized carbons (Fsp3) is 0.588. The summed E-state index contributed by atoms with van der Waals surface area (Å²) in [6.45, 7) is 17.6. The number of hydrogen-bond acceptors (Lipinski definition) is 3. The molecule has 3 aromatic rings. The van der Waals surface area contributed by atoms with E-state index in [0.29, 0.717) is 24.1 Å². The quantitative estimate of drug-likeness (QED) is 0.240. The van der Waals surface area contributed by atoms with Crippen LogP contribution in [0, 0.1) is 18.3 Å². The number of hydrogen-bond donors (Lipinski definition) is 2. The minimum absolute atomic E-state index is 0. The van der Waals surface area contributed by atoms with Gasteiger partial charge in [-0.2, -0.15) is 11.6 Å². The predicted molar refractivity (Wildman–Crippen MR) is 168 cm³/mol. The van der Waals surface area contributed by atoms with Gasteiger partial charge in [0.1, 0.15) is 5.75 Å². The number of aromatic hydroxyl groups is 1. The molecule has 8 heteroatoms. The smallest absolute Gasteiger partial charge is 0.308 e. The number of carboxylic acid groups (broad SMARTS) is 1. The first kappa shape index (κ1) is 35.8. The number of carboxylic acids is 1. The van der Waals surface area contributed by atoms with Crippen LogP contribution in [0.1, 0.15) is 104 Å². The Morgan fingerprint density at radius 1 is 1.05 bits per heavy atom. The van der Waals surface area contributed by atoms with Crippen molar-refractivity contribution in [2.45, 2.75) is 112 Å². The van der Waals surface area contributed by atoms with Crippen molar-refractivity contribution in [3.8, 4) is 28.3 Å². The van der Waals surface area contributed by atoms with Crippen molar-refractivity contribution in [3.63, 3.8) is 0 Å². The van der Waals surface area contributed by atoms with Gasteiger partial charge in [-0.3, -0.25) is 9.48 Å². The third-order valence-corrected chi connectivity index (χ3v) is 8.39. The number of nitrogens with zero attached hydrogens (tertiary/aromatic N) is 3. The van der Waals surface area contributed by atoms with Gasteiger partial charge < -0.3 is 20.5 Å². The summed E-state index contributed by atoms with van der Waals surface area (Å²) in [5, 5.41) is 23.7. The van der Waals surface area contributed by atoms with Gasteiger partial charge in [-0.1, -0.05) is 58.6 Å². The van der Waals surface area contributed by atoms with Gasteiger partial charge in [0.2, 0.25) is 0 Å². The maximum Gasteiger partial charge on any atom is 0.308 e. The van der Waals surface area contributed by atoms with Crippen molar-refractivity contribution in [1.29, 1.82) is 0 Å². The van der Waals surface area contributed by atoms with Crippen LogP contribution >= 0.6 is 0 Å². The molecule has 0 atom stereocenters. The molecule has 1 saturated carbocycles. The van der Waals surface area contributed by atoms with Crippen LogP contribution in [-0.2, 0) is 37.8 Å². The van der Waals surface area contributed by atoms with Gasteiger partial charge in [-0.15, -0.1) is 0 Å². The maximum atomic E-state index is 10.6. The Bertz CT molecular complexity index is 1310. The summed E-state index contributed by atoms with van der Waals surface area (Å²) in [7, 11) is 0. The molecule has 0 spiro atoms. The molecule has 0 bridgehead atoms. The average molecular weight is 748 g/mol. The summed E-state index contributed by atoms with van der Waals surface area (Å²) >= 11 is 0. The van der Waals surface area contributed by atoms with Crippen molar-refractivity contribution in [1.82, 2.24) is 14.3 Å². The van der Waals surface area contributed by atoms with E-state index in [4.69, 9.17) is 10.8 Å². The van der Waals surface area contributed by atoms with E-state index in [1.165, 1.54) is 48.8 Å².